The number of ether oxygens (including phenoxy) is 1. The van der Waals surface area contributed by atoms with Gasteiger partial charge in [-0.1, -0.05) is 11.6 Å². The van der Waals surface area contributed by atoms with Gasteiger partial charge in [-0.25, -0.2) is 9.48 Å². The molecule has 1 aromatic carbocycles. The van der Waals surface area contributed by atoms with Crippen LogP contribution >= 0.6 is 11.6 Å². The fourth-order valence-corrected chi connectivity index (χ4v) is 3.66. The van der Waals surface area contributed by atoms with Crippen LogP contribution in [0.2, 0.25) is 5.02 Å². The molecule has 0 spiro atoms. The van der Waals surface area contributed by atoms with Gasteiger partial charge in [0.25, 0.3) is 5.91 Å². The Hall–Kier alpha value is -2.58. The number of carbonyl (C=O) groups is 2. The quantitative estimate of drug-likeness (QED) is 0.737. The molecule has 3 rings (SSSR count). The van der Waals surface area contributed by atoms with Crippen molar-refractivity contribution in [3.63, 3.8) is 0 Å². The predicted molar refractivity (Wildman–Crippen MR) is 125 cm³/mol. The van der Waals surface area contributed by atoms with Gasteiger partial charge in [0.2, 0.25) is 0 Å². The van der Waals surface area contributed by atoms with Gasteiger partial charge in [0.05, 0.1) is 22.1 Å². The second-order valence-corrected chi connectivity index (χ2v) is 9.39. The summed E-state index contributed by atoms with van der Waals surface area (Å²) in [4.78, 5) is 28.6. The molecule has 2 heterocycles. The lowest BCUT2D eigenvalue weighted by Gasteiger charge is -2.35. The van der Waals surface area contributed by atoms with Crippen LogP contribution in [-0.4, -0.2) is 76.5 Å². The number of benzene rings is 1. The molecule has 0 unspecified atom stereocenters. The number of rotatable bonds is 5. The van der Waals surface area contributed by atoms with Gasteiger partial charge in [0.15, 0.2) is 0 Å². The smallest absolute Gasteiger partial charge is 0.410 e. The van der Waals surface area contributed by atoms with E-state index in [0.717, 1.165) is 36.7 Å². The molecule has 0 saturated carbocycles. The molecule has 2 aromatic rings. The van der Waals surface area contributed by atoms with Crippen LogP contribution in [0.3, 0.4) is 0 Å². The Morgan fingerprint density at radius 2 is 1.72 bits per heavy atom. The molecule has 0 atom stereocenters. The molecular weight excluding hydrogens is 430 g/mol. The van der Waals surface area contributed by atoms with E-state index in [4.69, 9.17) is 16.3 Å². The lowest BCUT2D eigenvalue weighted by molar-refractivity contribution is 0.0147. The van der Waals surface area contributed by atoms with Crippen LogP contribution in [0.1, 0.15) is 42.5 Å². The fourth-order valence-electron chi connectivity index (χ4n) is 3.54. The number of aryl methyl sites for hydroxylation is 1. The number of nitrogens with one attached hydrogen (secondary N) is 1. The average Bonchev–Trinajstić information content (AvgIpc) is 3.00. The molecule has 0 aliphatic carbocycles. The Labute approximate surface area is 194 Å². The van der Waals surface area contributed by atoms with Gasteiger partial charge in [-0.15, -0.1) is 0 Å². The van der Waals surface area contributed by atoms with Gasteiger partial charge >= 0.3 is 6.09 Å². The number of aromatic nitrogens is 2. The molecule has 1 aromatic heterocycles. The Kier molecular flexibility index (Phi) is 7.46. The van der Waals surface area contributed by atoms with Crippen molar-refractivity contribution in [2.45, 2.75) is 40.2 Å². The SMILES string of the molecule is Cc1nn(-c2ccc(C(=O)NCCN3CCN(C(=O)OC(C)(C)C)CC3)cc2)c(C)c1Cl. The highest BCUT2D eigenvalue weighted by atomic mass is 35.5. The summed E-state index contributed by atoms with van der Waals surface area (Å²) in [5.74, 6) is -0.115. The highest BCUT2D eigenvalue weighted by molar-refractivity contribution is 6.31. The van der Waals surface area contributed by atoms with Crippen molar-refractivity contribution in [1.29, 1.82) is 0 Å². The Morgan fingerprint density at radius 3 is 2.25 bits per heavy atom. The van der Waals surface area contributed by atoms with Crippen LogP contribution in [0, 0.1) is 13.8 Å². The van der Waals surface area contributed by atoms with Gasteiger partial charge in [-0.05, 0) is 58.9 Å². The first-order chi connectivity index (χ1) is 15.0. The first kappa shape index (κ1) is 24.1. The van der Waals surface area contributed by atoms with Crippen molar-refractivity contribution in [2.75, 3.05) is 39.3 Å². The van der Waals surface area contributed by atoms with E-state index in [2.05, 4.69) is 15.3 Å². The standard InChI is InChI=1S/C23H32ClN5O3/c1-16-20(24)17(2)29(26-16)19-8-6-18(7-9-19)21(30)25-10-11-27-12-14-28(15-13-27)22(31)32-23(3,4)5/h6-9H,10-15H2,1-5H3,(H,25,30). The van der Waals surface area contributed by atoms with E-state index in [-0.39, 0.29) is 12.0 Å². The van der Waals surface area contributed by atoms with Gasteiger partial charge in [0, 0.05) is 44.8 Å². The zero-order valence-electron chi connectivity index (χ0n) is 19.4. The van der Waals surface area contributed by atoms with Gasteiger partial charge in [0.1, 0.15) is 5.60 Å². The molecule has 1 fully saturated rings. The van der Waals surface area contributed by atoms with Crippen LogP contribution in [0.5, 0.6) is 0 Å². The van der Waals surface area contributed by atoms with Crippen LogP contribution in [0.15, 0.2) is 24.3 Å². The number of halogens is 1. The third kappa shape index (κ3) is 6.01. The number of amides is 2. The lowest BCUT2D eigenvalue weighted by atomic mass is 10.2. The molecule has 32 heavy (non-hydrogen) atoms. The Balaban J connectivity index is 1.44. The summed E-state index contributed by atoms with van der Waals surface area (Å²) in [5.41, 5.74) is 2.61. The van der Waals surface area contributed by atoms with E-state index in [9.17, 15) is 9.59 Å². The van der Waals surface area contributed by atoms with E-state index in [1.54, 1.807) is 21.7 Å². The maximum absolute atomic E-state index is 12.5. The number of hydrogen-bond donors (Lipinski definition) is 1. The van der Waals surface area contributed by atoms with Crippen LogP contribution < -0.4 is 5.32 Å². The first-order valence-electron chi connectivity index (χ1n) is 10.9. The monoisotopic (exact) mass is 461 g/mol. The lowest BCUT2D eigenvalue weighted by Crippen LogP contribution is -2.51. The maximum atomic E-state index is 12.5. The molecule has 1 saturated heterocycles. The molecule has 0 bridgehead atoms. The second-order valence-electron chi connectivity index (χ2n) is 9.01. The minimum Gasteiger partial charge on any atom is -0.444 e. The summed E-state index contributed by atoms with van der Waals surface area (Å²) in [6, 6.07) is 7.30. The van der Waals surface area contributed by atoms with E-state index < -0.39 is 5.60 Å². The van der Waals surface area contributed by atoms with Crippen LogP contribution in [0.4, 0.5) is 4.79 Å². The topological polar surface area (TPSA) is 79.7 Å². The predicted octanol–water partition coefficient (Wildman–Crippen LogP) is 3.43. The molecule has 9 heteroatoms. The van der Waals surface area contributed by atoms with Gasteiger partial charge in [-0.2, -0.15) is 5.10 Å². The largest absolute Gasteiger partial charge is 0.444 e. The summed E-state index contributed by atoms with van der Waals surface area (Å²) in [6.45, 7) is 13.4. The summed E-state index contributed by atoms with van der Waals surface area (Å²) in [6.07, 6.45) is -0.267. The molecule has 1 aliphatic heterocycles. The average molecular weight is 462 g/mol. The summed E-state index contributed by atoms with van der Waals surface area (Å²) >= 11 is 6.22. The van der Waals surface area contributed by atoms with Gasteiger partial charge in [-0.3, -0.25) is 9.69 Å². The van der Waals surface area contributed by atoms with E-state index in [0.29, 0.717) is 30.2 Å². The molecule has 174 valence electrons. The zero-order chi connectivity index (χ0) is 23.5. The maximum Gasteiger partial charge on any atom is 0.410 e. The molecular formula is C23H32ClN5O3. The van der Waals surface area contributed by atoms with Crippen molar-refractivity contribution in [3.05, 3.63) is 46.2 Å². The second kappa shape index (κ2) is 9.92. The van der Waals surface area contributed by atoms with Crippen molar-refractivity contribution in [1.82, 2.24) is 24.9 Å². The Morgan fingerprint density at radius 1 is 1.09 bits per heavy atom. The number of carbonyl (C=O) groups excluding carboxylic acids is 2. The Bertz CT molecular complexity index is 957. The van der Waals surface area contributed by atoms with Gasteiger partial charge < -0.3 is 15.0 Å². The van der Waals surface area contributed by atoms with Crippen molar-refractivity contribution in [3.8, 4) is 5.69 Å². The summed E-state index contributed by atoms with van der Waals surface area (Å²) in [7, 11) is 0. The van der Waals surface area contributed by atoms with Crippen molar-refractivity contribution < 1.29 is 14.3 Å². The first-order valence-corrected chi connectivity index (χ1v) is 11.2. The third-order valence-electron chi connectivity index (χ3n) is 5.31. The van der Waals surface area contributed by atoms with E-state index >= 15 is 0 Å². The molecule has 8 nitrogen and oxygen atoms in total. The molecule has 2 amide bonds. The molecule has 0 radical (unpaired) electrons. The highest BCUT2D eigenvalue weighted by Crippen LogP contribution is 2.22. The minimum atomic E-state index is -0.486. The number of piperazine rings is 1. The summed E-state index contributed by atoms with van der Waals surface area (Å²) < 4.78 is 7.20. The van der Waals surface area contributed by atoms with Crippen LogP contribution in [0.25, 0.3) is 5.69 Å². The zero-order valence-corrected chi connectivity index (χ0v) is 20.2. The molecule has 1 N–H and O–H groups in total. The third-order valence-corrected chi connectivity index (χ3v) is 5.86. The molecule has 1 aliphatic rings. The van der Waals surface area contributed by atoms with E-state index in [1.165, 1.54) is 0 Å². The van der Waals surface area contributed by atoms with Crippen LogP contribution in [-0.2, 0) is 4.74 Å². The summed E-state index contributed by atoms with van der Waals surface area (Å²) in [5, 5.41) is 8.05. The number of hydrogen-bond acceptors (Lipinski definition) is 5. The van der Waals surface area contributed by atoms with Crippen molar-refractivity contribution in [2.24, 2.45) is 0 Å². The van der Waals surface area contributed by atoms with E-state index in [1.807, 2.05) is 46.8 Å². The normalized spacial score (nSPS) is 15.0. The number of nitrogens with zero attached hydrogens (tertiary/aromatic N) is 4. The minimum absolute atomic E-state index is 0.115. The highest BCUT2D eigenvalue weighted by Gasteiger charge is 2.25. The fraction of sp³-hybridized carbons (Fsp3) is 0.522. The van der Waals surface area contributed by atoms with Crippen molar-refractivity contribution >= 4 is 23.6 Å².